The molecule has 3 nitrogen and oxygen atoms in total. The summed E-state index contributed by atoms with van der Waals surface area (Å²) in [6.45, 7) is 10.9. The number of aliphatic imine (C=N–C) groups is 1. The smallest absolute Gasteiger partial charge is 0.0845 e. The summed E-state index contributed by atoms with van der Waals surface area (Å²) in [5, 5.41) is 6.82. The highest BCUT2D eigenvalue weighted by atomic mass is 32.1. The lowest BCUT2D eigenvalue weighted by atomic mass is 9.80. The largest absolute Gasteiger partial charge is 0.276 e. The van der Waals surface area contributed by atoms with Crippen molar-refractivity contribution < 1.29 is 0 Å². The predicted molar refractivity (Wildman–Crippen MR) is 97.1 cm³/mol. The molecule has 1 unspecified atom stereocenters. The zero-order valence-corrected chi connectivity index (χ0v) is 15.0. The molecule has 1 aliphatic heterocycles. The van der Waals surface area contributed by atoms with E-state index in [1.807, 2.05) is 10.7 Å². The second-order valence-corrected chi connectivity index (χ2v) is 7.97. The molecule has 0 amide bonds. The molecular formula is C19H21N3S. The zero-order valence-electron chi connectivity index (χ0n) is 14.2. The molecule has 23 heavy (non-hydrogen) atoms. The van der Waals surface area contributed by atoms with Gasteiger partial charge in [-0.3, -0.25) is 4.99 Å². The van der Waals surface area contributed by atoms with Crippen LogP contribution in [-0.4, -0.2) is 20.9 Å². The Hall–Kier alpha value is -1.94. The number of aryl methyl sites for hydroxylation is 2. The van der Waals surface area contributed by atoms with Crippen molar-refractivity contribution in [2.75, 3.05) is 0 Å². The lowest BCUT2D eigenvalue weighted by Gasteiger charge is -2.33. The van der Waals surface area contributed by atoms with Gasteiger partial charge in [0.25, 0.3) is 0 Å². The molecule has 0 aromatic carbocycles. The van der Waals surface area contributed by atoms with Crippen molar-refractivity contribution in [2.45, 2.75) is 46.1 Å². The Labute approximate surface area is 140 Å². The fourth-order valence-corrected chi connectivity index (χ4v) is 4.44. The van der Waals surface area contributed by atoms with Gasteiger partial charge in [-0.25, -0.2) is 4.52 Å². The maximum atomic E-state index is 5.10. The molecule has 0 spiro atoms. The van der Waals surface area contributed by atoms with Crippen LogP contribution in [0.15, 0.2) is 34.8 Å². The normalized spacial score (nSPS) is 19.7. The molecule has 0 fully saturated rings. The fourth-order valence-electron chi connectivity index (χ4n) is 3.43. The first-order valence-electron chi connectivity index (χ1n) is 8.01. The van der Waals surface area contributed by atoms with Gasteiger partial charge in [0.15, 0.2) is 0 Å². The third-order valence-corrected chi connectivity index (χ3v) is 6.04. The van der Waals surface area contributed by atoms with Crippen LogP contribution in [0.25, 0.3) is 5.52 Å². The van der Waals surface area contributed by atoms with E-state index in [1.54, 1.807) is 11.3 Å². The molecule has 3 aromatic rings. The number of hydrogen-bond acceptors (Lipinski definition) is 3. The average molecular weight is 323 g/mol. The molecule has 4 heterocycles. The van der Waals surface area contributed by atoms with Crippen LogP contribution in [0.3, 0.4) is 0 Å². The SMILES string of the molecule is Cc1cc(C)n2ncc(C3=NC(C)(C)C(C)c4ccsc43)cc12. The molecule has 0 aliphatic carbocycles. The summed E-state index contributed by atoms with van der Waals surface area (Å²) in [7, 11) is 0. The number of thiophene rings is 1. The Bertz CT molecular complexity index is 943. The lowest BCUT2D eigenvalue weighted by molar-refractivity contribution is 0.433. The van der Waals surface area contributed by atoms with Gasteiger partial charge in [0.05, 0.1) is 27.8 Å². The Kier molecular flexibility index (Phi) is 3.04. The Morgan fingerprint density at radius 3 is 2.78 bits per heavy atom. The summed E-state index contributed by atoms with van der Waals surface area (Å²) >= 11 is 1.78. The minimum Gasteiger partial charge on any atom is -0.276 e. The Morgan fingerprint density at radius 2 is 2.00 bits per heavy atom. The topological polar surface area (TPSA) is 29.7 Å². The zero-order chi connectivity index (χ0) is 16.4. The van der Waals surface area contributed by atoms with Gasteiger partial charge in [-0.05, 0) is 62.4 Å². The van der Waals surface area contributed by atoms with Crippen molar-refractivity contribution in [2.24, 2.45) is 4.99 Å². The van der Waals surface area contributed by atoms with Crippen molar-refractivity contribution >= 4 is 22.6 Å². The van der Waals surface area contributed by atoms with E-state index >= 15 is 0 Å². The van der Waals surface area contributed by atoms with E-state index < -0.39 is 0 Å². The second kappa shape index (κ2) is 4.78. The van der Waals surface area contributed by atoms with E-state index in [0.29, 0.717) is 5.92 Å². The fraction of sp³-hybridized carbons (Fsp3) is 0.368. The summed E-state index contributed by atoms with van der Waals surface area (Å²) in [6, 6.07) is 6.65. The van der Waals surface area contributed by atoms with E-state index in [1.165, 1.54) is 21.7 Å². The third-order valence-electron chi connectivity index (χ3n) is 5.11. The van der Waals surface area contributed by atoms with Gasteiger partial charge in [-0.15, -0.1) is 11.3 Å². The monoisotopic (exact) mass is 323 g/mol. The van der Waals surface area contributed by atoms with E-state index in [0.717, 1.165) is 16.8 Å². The first-order chi connectivity index (χ1) is 10.9. The lowest BCUT2D eigenvalue weighted by Crippen LogP contribution is -2.32. The minimum absolute atomic E-state index is 0.0948. The van der Waals surface area contributed by atoms with Crippen LogP contribution in [-0.2, 0) is 0 Å². The number of rotatable bonds is 1. The van der Waals surface area contributed by atoms with Gasteiger partial charge in [0.1, 0.15) is 0 Å². The van der Waals surface area contributed by atoms with Crippen molar-refractivity contribution in [1.29, 1.82) is 0 Å². The number of nitrogens with zero attached hydrogens (tertiary/aromatic N) is 3. The maximum Gasteiger partial charge on any atom is 0.0845 e. The number of aromatic nitrogens is 2. The molecule has 0 saturated heterocycles. The van der Waals surface area contributed by atoms with Gasteiger partial charge in [0.2, 0.25) is 0 Å². The predicted octanol–water partition coefficient (Wildman–Crippen LogP) is 4.75. The number of hydrogen-bond donors (Lipinski definition) is 0. The summed E-state index contributed by atoms with van der Waals surface area (Å²) in [4.78, 5) is 6.40. The van der Waals surface area contributed by atoms with E-state index in [9.17, 15) is 0 Å². The minimum atomic E-state index is -0.0948. The van der Waals surface area contributed by atoms with E-state index in [-0.39, 0.29) is 5.54 Å². The highest BCUT2D eigenvalue weighted by Crippen LogP contribution is 2.41. The molecule has 0 saturated carbocycles. The molecule has 3 aromatic heterocycles. The van der Waals surface area contributed by atoms with Crippen LogP contribution in [0.4, 0.5) is 0 Å². The third kappa shape index (κ3) is 2.08. The highest BCUT2D eigenvalue weighted by Gasteiger charge is 2.35. The van der Waals surface area contributed by atoms with Crippen LogP contribution < -0.4 is 0 Å². The van der Waals surface area contributed by atoms with Crippen LogP contribution in [0, 0.1) is 13.8 Å². The average Bonchev–Trinajstić information content (AvgIpc) is 3.09. The summed E-state index contributed by atoms with van der Waals surface area (Å²) in [5.41, 5.74) is 7.11. The standard InChI is InChI=1S/C19H21N3S/c1-11-8-12(2)22-16(11)9-14(10-20-22)17-18-15(6-7-23-18)13(3)19(4,5)21-17/h6-10,13H,1-5H3. The Morgan fingerprint density at radius 1 is 1.22 bits per heavy atom. The van der Waals surface area contributed by atoms with Crippen molar-refractivity contribution in [3.8, 4) is 0 Å². The number of fused-ring (bicyclic) bond motifs is 2. The van der Waals surface area contributed by atoms with Gasteiger partial charge in [0, 0.05) is 17.2 Å². The molecular weight excluding hydrogens is 302 g/mol. The molecule has 0 bridgehead atoms. The van der Waals surface area contributed by atoms with Gasteiger partial charge in [-0.2, -0.15) is 5.10 Å². The first-order valence-corrected chi connectivity index (χ1v) is 8.89. The van der Waals surface area contributed by atoms with Crippen molar-refractivity contribution in [1.82, 2.24) is 9.61 Å². The molecule has 0 radical (unpaired) electrons. The van der Waals surface area contributed by atoms with Crippen molar-refractivity contribution in [3.05, 3.63) is 57.0 Å². The maximum absolute atomic E-state index is 5.10. The van der Waals surface area contributed by atoms with E-state index in [2.05, 4.69) is 63.3 Å². The highest BCUT2D eigenvalue weighted by molar-refractivity contribution is 7.12. The first kappa shape index (κ1) is 14.6. The van der Waals surface area contributed by atoms with Crippen LogP contribution in [0.5, 0.6) is 0 Å². The molecule has 4 heteroatoms. The van der Waals surface area contributed by atoms with Crippen LogP contribution >= 0.6 is 11.3 Å². The quantitative estimate of drug-likeness (QED) is 0.636. The van der Waals surface area contributed by atoms with Gasteiger partial charge < -0.3 is 0 Å². The molecule has 1 atom stereocenters. The van der Waals surface area contributed by atoms with Gasteiger partial charge in [-0.1, -0.05) is 6.92 Å². The Balaban J connectivity index is 1.95. The summed E-state index contributed by atoms with van der Waals surface area (Å²) in [6.07, 6.45) is 1.95. The van der Waals surface area contributed by atoms with Crippen molar-refractivity contribution in [3.63, 3.8) is 0 Å². The van der Waals surface area contributed by atoms with Gasteiger partial charge >= 0.3 is 0 Å². The molecule has 4 rings (SSSR count). The second-order valence-electron chi connectivity index (χ2n) is 7.05. The molecule has 0 N–H and O–H groups in total. The summed E-state index contributed by atoms with van der Waals surface area (Å²) in [5.74, 6) is 0.432. The van der Waals surface area contributed by atoms with E-state index in [4.69, 9.17) is 4.99 Å². The molecule has 1 aliphatic rings. The van der Waals surface area contributed by atoms with Crippen LogP contribution in [0.1, 0.15) is 54.0 Å². The van der Waals surface area contributed by atoms with Crippen LogP contribution in [0.2, 0.25) is 0 Å². The summed E-state index contributed by atoms with van der Waals surface area (Å²) < 4.78 is 2.01. The molecule has 118 valence electrons.